The Hall–Kier alpha value is -2.52. The van der Waals surface area contributed by atoms with Crippen molar-refractivity contribution in [2.75, 3.05) is 26.4 Å². The highest BCUT2D eigenvalue weighted by atomic mass is 16.5. The van der Waals surface area contributed by atoms with E-state index in [9.17, 15) is 0 Å². The maximum Gasteiger partial charge on any atom is 0.119 e. The van der Waals surface area contributed by atoms with Gasteiger partial charge in [0.25, 0.3) is 0 Å². The molecule has 6 rings (SSSR count). The molecule has 352 valence electrons. The van der Waals surface area contributed by atoms with E-state index in [2.05, 4.69) is 88.4 Å². The summed E-state index contributed by atoms with van der Waals surface area (Å²) in [6, 6.07) is 18.3. The molecule has 0 radical (unpaired) electrons. The van der Waals surface area contributed by atoms with Crippen LogP contribution in [0.1, 0.15) is 219 Å². The molecule has 0 aliphatic heterocycles. The molecule has 3 nitrogen and oxygen atoms in total. The monoisotopic (exact) mass is 863 g/mol. The van der Waals surface area contributed by atoms with Crippen LogP contribution in [0.4, 0.5) is 0 Å². The molecule has 4 saturated carbocycles. The molecule has 3 heteroatoms. The average Bonchev–Trinajstić information content (AvgIpc) is 3.32. The van der Waals surface area contributed by atoms with E-state index in [0.717, 1.165) is 48.4 Å². The molecular weight excluding hydrogens is 769 g/mol. The van der Waals surface area contributed by atoms with Crippen LogP contribution in [0.2, 0.25) is 0 Å². The summed E-state index contributed by atoms with van der Waals surface area (Å²) in [6.07, 6.45) is 42.9. The highest BCUT2D eigenvalue weighted by molar-refractivity contribution is 5.69. The van der Waals surface area contributed by atoms with Gasteiger partial charge in [-0.2, -0.15) is 0 Å². The van der Waals surface area contributed by atoms with Crippen molar-refractivity contribution in [2.45, 2.75) is 207 Å². The molecular formula is C60H94O3. The summed E-state index contributed by atoms with van der Waals surface area (Å²) in [4.78, 5) is 0. The lowest BCUT2D eigenvalue weighted by Crippen LogP contribution is -2.20. The summed E-state index contributed by atoms with van der Waals surface area (Å²) < 4.78 is 19.4. The lowest BCUT2D eigenvalue weighted by molar-refractivity contribution is 0.178. The lowest BCUT2D eigenvalue weighted by atomic mass is 9.75. The minimum absolute atomic E-state index is 0.608. The zero-order valence-corrected chi connectivity index (χ0v) is 41.2. The van der Waals surface area contributed by atoms with E-state index < -0.39 is 0 Å². The molecule has 4 fully saturated rings. The number of allylic oxidation sites excluding steroid dienone is 2. The van der Waals surface area contributed by atoms with Gasteiger partial charge in [0, 0.05) is 0 Å². The summed E-state index contributed by atoms with van der Waals surface area (Å²) in [7, 11) is 0. The van der Waals surface area contributed by atoms with E-state index in [-0.39, 0.29) is 0 Å². The standard InChI is InChI=1S/C60H94O3/c1-5-9-11-15-49-25-29-53(30-26-49)59(55-33-37-57(38-34-55)62-45-51-21-17-47(13-7-3)18-22-51)41-43-61-44-42-60(54-31-27-50(28-32-54)16-12-10-6-2)56-35-39-58(40-36-56)63-46-52-23-19-48(14-8-4)20-24-52/h33-42,47-54H,5-32,43-46H2,1-4H3. The number of hydrogen-bond acceptors (Lipinski definition) is 3. The maximum absolute atomic E-state index is 6.59. The molecule has 0 saturated heterocycles. The number of ether oxygens (including phenoxy) is 3. The molecule has 0 unspecified atom stereocenters. The molecule has 0 bridgehead atoms. The Balaban J connectivity index is 1.08. The first-order valence-corrected chi connectivity index (χ1v) is 27.5. The Morgan fingerprint density at radius 3 is 1.08 bits per heavy atom. The van der Waals surface area contributed by atoms with Crippen molar-refractivity contribution in [1.82, 2.24) is 0 Å². The molecule has 4 aliphatic rings. The van der Waals surface area contributed by atoms with E-state index >= 15 is 0 Å². The quantitative estimate of drug-likeness (QED) is 0.0882. The van der Waals surface area contributed by atoms with Crippen LogP contribution in [0.5, 0.6) is 11.5 Å². The predicted molar refractivity (Wildman–Crippen MR) is 271 cm³/mol. The molecule has 0 N–H and O–H groups in total. The minimum atomic E-state index is 0.608. The second kappa shape index (κ2) is 28.5. The van der Waals surface area contributed by atoms with Gasteiger partial charge < -0.3 is 14.2 Å². The van der Waals surface area contributed by atoms with Gasteiger partial charge in [-0.3, -0.25) is 0 Å². The lowest BCUT2D eigenvalue weighted by Gasteiger charge is -2.31. The van der Waals surface area contributed by atoms with E-state index in [0.29, 0.717) is 36.9 Å². The normalized spacial score (nSPS) is 27.3. The molecule has 2 aromatic rings. The first kappa shape index (κ1) is 49.9. The Bertz CT molecular complexity index is 1420. The van der Waals surface area contributed by atoms with Gasteiger partial charge in [0.1, 0.15) is 11.5 Å². The van der Waals surface area contributed by atoms with Crippen LogP contribution < -0.4 is 9.47 Å². The fraction of sp³-hybridized carbons (Fsp3) is 0.733. The molecule has 63 heavy (non-hydrogen) atoms. The molecule has 2 aromatic carbocycles. The van der Waals surface area contributed by atoms with Crippen LogP contribution >= 0.6 is 0 Å². The Morgan fingerprint density at radius 1 is 0.397 bits per heavy atom. The zero-order valence-electron chi connectivity index (χ0n) is 41.2. The summed E-state index contributed by atoms with van der Waals surface area (Å²) in [6.45, 7) is 12.4. The Labute approximate surface area is 388 Å². The zero-order chi connectivity index (χ0) is 43.9. The van der Waals surface area contributed by atoms with E-state index in [1.165, 1.54) is 202 Å². The SMILES string of the molecule is CCCCCC1CCC(C(=CCOCC=C(c2ccc(OCC3CCC(CCC)CC3)cc2)C2CCC(CCCCC)CC2)c2ccc(OCC3CCC(CCC)CC3)cc2)CC1. The third-order valence-electron chi connectivity index (χ3n) is 16.5. The number of benzene rings is 2. The van der Waals surface area contributed by atoms with Gasteiger partial charge in [-0.15, -0.1) is 0 Å². The number of unbranched alkanes of at least 4 members (excludes halogenated alkanes) is 4. The van der Waals surface area contributed by atoms with Gasteiger partial charge in [-0.1, -0.05) is 167 Å². The van der Waals surface area contributed by atoms with E-state index in [1.807, 2.05) is 0 Å². The third-order valence-corrected chi connectivity index (χ3v) is 16.5. The second-order valence-electron chi connectivity index (χ2n) is 21.3. The van der Waals surface area contributed by atoms with Crippen molar-refractivity contribution >= 4 is 11.1 Å². The number of hydrogen-bond donors (Lipinski definition) is 0. The highest BCUT2D eigenvalue weighted by Crippen LogP contribution is 2.42. The predicted octanol–water partition coefficient (Wildman–Crippen LogP) is 17.9. The molecule has 0 amide bonds. The molecule has 0 aromatic heterocycles. The maximum atomic E-state index is 6.59. The van der Waals surface area contributed by atoms with Crippen LogP contribution in [-0.2, 0) is 4.74 Å². The first-order chi connectivity index (χ1) is 31.0. The summed E-state index contributed by atoms with van der Waals surface area (Å²) >= 11 is 0. The van der Waals surface area contributed by atoms with Crippen LogP contribution in [0.25, 0.3) is 11.1 Å². The van der Waals surface area contributed by atoms with Crippen molar-refractivity contribution in [2.24, 2.45) is 47.3 Å². The van der Waals surface area contributed by atoms with Crippen molar-refractivity contribution in [3.63, 3.8) is 0 Å². The fourth-order valence-electron chi connectivity index (χ4n) is 12.4. The van der Waals surface area contributed by atoms with Crippen LogP contribution in [0, 0.1) is 47.3 Å². The summed E-state index contributed by atoms with van der Waals surface area (Å²) in [5.41, 5.74) is 5.72. The fourth-order valence-corrected chi connectivity index (χ4v) is 12.4. The highest BCUT2D eigenvalue weighted by Gasteiger charge is 2.27. The Morgan fingerprint density at radius 2 is 0.730 bits per heavy atom. The minimum Gasteiger partial charge on any atom is -0.493 e. The van der Waals surface area contributed by atoms with E-state index in [1.54, 1.807) is 0 Å². The second-order valence-corrected chi connectivity index (χ2v) is 21.3. The van der Waals surface area contributed by atoms with Gasteiger partial charge in [-0.25, -0.2) is 0 Å². The molecule has 4 aliphatic carbocycles. The third kappa shape index (κ3) is 17.0. The van der Waals surface area contributed by atoms with Crippen molar-refractivity contribution in [1.29, 1.82) is 0 Å². The summed E-state index contributed by atoms with van der Waals surface area (Å²) in [5.74, 6) is 8.40. The first-order valence-electron chi connectivity index (χ1n) is 27.5. The van der Waals surface area contributed by atoms with E-state index in [4.69, 9.17) is 14.2 Å². The summed E-state index contributed by atoms with van der Waals surface area (Å²) in [5, 5.41) is 0. The van der Waals surface area contributed by atoms with Gasteiger partial charge in [-0.05, 0) is 171 Å². The molecule has 0 spiro atoms. The number of rotatable bonds is 26. The van der Waals surface area contributed by atoms with Crippen LogP contribution in [0.3, 0.4) is 0 Å². The van der Waals surface area contributed by atoms with Gasteiger partial charge in [0.2, 0.25) is 0 Å². The van der Waals surface area contributed by atoms with Crippen LogP contribution in [-0.4, -0.2) is 26.4 Å². The smallest absolute Gasteiger partial charge is 0.119 e. The Kier molecular flexibility index (Phi) is 22.6. The molecule has 0 heterocycles. The molecule has 0 atom stereocenters. The topological polar surface area (TPSA) is 27.7 Å². The van der Waals surface area contributed by atoms with Gasteiger partial charge >= 0.3 is 0 Å². The van der Waals surface area contributed by atoms with Crippen molar-refractivity contribution in [3.8, 4) is 11.5 Å². The van der Waals surface area contributed by atoms with Gasteiger partial charge in [0.15, 0.2) is 0 Å². The average molecular weight is 863 g/mol. The van der Waals surface area contributed by atoms with Gasteiger partial charge in [0.05, 0.1) is 26.4 Å². The largest absolute Gasteiger partial charge is 0.493 e. The van der Waals surface area contributed by atoms with Crippen molar-refractivity contribution in [3.05, 3.63) is 71.8 Å². The van der Waals surface area contributed by atoms with Crippen molar-refractivity contribution < 1.29 is 14.2 Å². The van der Waals surface area contributed by atoms with Crippen LogP contribution in [0.15, 0.2) is 60.7 Å².